The standard InChI is InChI=1S/C18H12N6O/c1-12-6-8-13(9-7-12)17-21-18(25-24-17)15-4-2-3-5-16(15)23-22-14(10-19)11-20/h2-9,23H,1H3. The normalized spacial score (nSPS) is 9.72. The van der Waals surface area contributed by atoms with E-state index in [9.17, 15) is 0 Å². The summed E-state index contributed by atoms with van der Waals surface area (Å²) >= 11 is 0. The number of aromatic nitrogens is 2. The number of nitriles is 2. The molecule has 0 fully saturated rings. The Balaban J connectivity index is 1.93. The molecule has 0 bridgehead atoms. The monoisotopic (exact) mass is 328 g/mol. The number of rotatable bonds is 4. The van der Waals surface area contributed by atoms with Gasteiger partial charge in [-0.2, -0.15) is 20.6 Å². The smallest absolute Gasteiger partial charge is 0.260 e. The van der Waals surface area contributed by atoms with E-state index in [1.165, 1.54) is 0 Å². The van der Waals surface area contributed by atoms with Crippen LogP contribution in [0.1, 0.15) is 5.56 Å². The van der Waals surface area contributed by atoms with Crippen molar-refractivity contribution in [2.45, 2.75) is 6.92 Å². The second kappa shape index (κ2) is 7.07. The second-order valence-electron chi connectivity index (χ2n) is 5.13. The SMILES string of the molecule is Cc1ccc(-c2noc(-c3ccccc3NN=C(C#N)C#N)n2)cc1. The molecule has 0 saturated heterocycles. The zero-order valence-corrected chi connectivity index (χ0v) is 13.3. The molecule has 25 heavy (non-hydrogen) atoms. The molecule has 2 aromatic carbocycles. The Labute approximate surface area is 143 Å². The van der Waals surface area contributed by atoms with E-state index in [1.807, 2.05) is 37.3 Å². The summed E-state index contributed by atoms with van der Waals surface area (Å²) in [6.07, 6.45) is 0. The van der Waals surface area contributed by atoms with Gasteiger partial charge >= 0.3 is 0 Å². The summed E-state index contributed by atoms with van der Waals surface area (Å²) in [6.45, 7) is 2.00. The minimum absolute atomic E-state index is 0.277. The number of hydrazone groups is 1. The van der Waals surface area contributed by atoms with Gasteiger partial charge in [-0.25, -0.2) is 0 Å². The maximum absolute atomic E-state index is 8.76. The van der Waals surface area contributed by atoms with Crippen LogP contribution in [0.3, 0.4) is 0 Å². The highest BCUT2D eigenvalue weighted by molar-refractivity contribution is 6.10. The van der Waals surface area contributed by atoms with Crippen molar-refractivity contribution in [1.82, 2.24) is 10.1 Å². The molecule has 3 rings (SSSR count). The molecular weight excluding hydrogens is 316 g/mol. The van der Waals surface area contributed by atoms with Crippen LogP contribution in [0.5, 0.6) is 0 Å². The van der Waals surface area contributed by atoms with Gasteiger partial charge in [0, 0.05) is 5.56 Å². The van der Waals surface area contributed by atoms with Gasteiger partial charge in [-0.05, 0) is 19.1 Å². The molecule has 7 heteroatoms. The van der Waals surface area contributed by atoms with Crippen LogP contribution in [0, 0.1) is 29.6 Å². The minimum Gasteiger partial charge on any atom is -0.334 e. The van der Waals surface area contributed by atoms with Gasteiger partial charge in [-0.3, -0.25) is 5.43 Å². The molecule has 0 saturated carbocycles. The zero-order chi connectivity index (χ0) is 17.6. The van der Waals surface area contributed by atoms with Gasteiger partial charge in [0.15, 0.2) is 0 Å². The lowest BCUT2D eigenvalue weighted by Crippen LogP contribution is -1.97. The molecule has 0 spiro atoms. The molecule has 1 aromatic heterocycles. The number of hydrogen-bond donors (Lipinski definition) is 1. The molecule has 0 atom stereocenters. The van der Waals surface area contributed by atoms with E-state index in [0.717, 1.165) is 11.1 Å². The number of para-hydroxylation sites is 1. The number of nitrogens with one attached hydrogen (secondary N) is 1. The van der Waals surface area contributed by atoms with Crippen LogP contribution in [0.25, 0.3) is 22.8 Å². The van der Waals surface area contributed by atoms with Crippen LogP contribution in [0.2, 0.25) is 0 Å². The second-order valence-corrected chi connectivity index (χ2v) is 5.13. The Morgan fingerprint density at radius 3 is 2.52 bits per heavy atom. The highest BCUT2D eigenvalue weighted by atomic mass is 16.5. The van der Waals surface area contributed by atoms with Gasteiger partial charge in [-0.1, -0.05) is 47.1 Å². The Kier molecular flexibility index (Phi) is 4.50. The van der Waals surface area contributed by atoms with Gasteiger partial charge in [0.2, 0.25) is 11.5 Å². The van der Waals surface area contributed by atoms with Crippen molar-refractivity contribution in [2.75, 3.05) is 5.43 Å². The van der Waals surface area contributed by atoms with Crippen LogP contribution in [0.4, 0.5) is 5.69 Å². The van der Waals surface area contributed by atoms with Crippen molar-refractivity contribution in [3.8, 4) is 35.0 Å². The van der Waals surface area contributed by atoms with E-state index in [2.05, 4.69) is 20.7 Å². The summed E-state index contributed by atoms with van der Waals surface area (Å²) in [6, 6.07) is 18.3. The van der Waals surface area contributed by atoms with E-state index >= 15 is 0 Å². The number of nitrogens with zero attached hydrogens (tertiary/aromatic N) is 5. The molecule has 0 unspecified atom stereocenters. The third kappa shape index (κ3) is 3.52. The summed E-state index contributed by atoms with van der Waals surface area (Å²) < 4.78 is 5.36. The van der Waals surface area contributed by atoms with Crippen molar-refractivity contribution in [2.24, 2.45) is 5.10 Å². The van der Waals surface area contributed by atoms with Crippen LogP contribution >= 0.6 is 0 Å². The fourth-order valence-corrected chi connectivity index (χ4v) is 2.11. The third-order valence-corrected chi connectivity index (χ3v) is 3.39. The lowest BCUT2D eigenvalue weighted by atomic mass is 10.1. The number of anilines is 1. The molecule has 1 N–H and O–H groups in total. The van der Waals surface area contributed by atoms with Crippen LogP contribution in [-0.4, -0.2) is 15.9 Å². The lowest BCUT2D eigenvalue weighted by Gasteiger charge is -2.04. The van der Waals surface area contributed by atoms with E-state index in [4.69, 9.17) is 15.0 Å². The fourth-order valence-electron chi connectivity index (χ4n) is 2.11. The van der Waals surface area contributed by atoms with E-state index in [0.29, 0.717) is 23.0 Å². The molecule has 7 nitrogen and oxygen atoms in total. The topological polar surface area (TPSA) is 111 Å². The molecule has 0 amide bonds. The Hall–Kier alpha value is -3.97. The largest absolute Gasteiger partial charge is 0.334 e. The number of benzene rings is 2. The summed E-state index contributed by atoms with van der Waals surface area (Å²) in [4.78, 5) is 4.41. The molecule has 0 radical (unpaired) electrons. The molecule has 0 aliphatic carbocycles. The maximum Gasteiger partial charge on any atom is 0.260 e. The van der Waals surface area contributed by atoms with Crippen molar-refractivity contribution in [3.63, 3.8) is 0 Å². The fraction of sp³-hybridized carbons (Fsp3) is 0.0556. The zero-order valence-electron chi connectivity index (χ0n) is 13.3. The Morgan fingerprint density at radius 2 is 1.80 bits per heavy atom. The quantitative estimate of drug-likeness (QED) is 0.579. The van der Waals surface area contributed by atoms with Crippen LogP contribution in [0.15, 0.2) is 58.2 Å². The first kappa shape index (κ1) is 15.9. The average molecular weight is 328 g/mol. The summed E-state index contributed by atoms with van der Waals surface area (Å²) in [5, 5.41) is 25.3. The highest BCUT2D eigenvalue weighted by Crippen LogP contribution is 2.28. The Morgan fingerprint density at radius 1 is 1.08 bits per heavy atom. The predicted octanol–water partition coefficient (Wildman–Crippen LogP) is 3.53. The summed E-state index contributed by atoms with van der Waals surface area (Å²) in [5.41, 5.74) is 5.56. The van der Waals surface area contributed by atoms with Gasteiger partial charge < -0.3 is 4.52 Å². The van der Waals surface area contributed by atoms with Crippen LogP contribution in [-0.2, 0) is 0 Å². The Bertz CT molecular complexity index is 989. The maximum atomic E-state index is 8.76. The predicted molar refractivity (Wildman–Crippen MR) is 92.2 cm³/mol. The molecule has 1 heterocycles. The van der Waals surface area contributed by atoms with Gasteiger partial charge in [0.05, 0.1) is 11.3 Å². The minimum atomic E-state index is -0.277. The van der Waals surface area contributed by atoms with Gasteiger partial charge in [0.25, 0.3) is 5.89 Å². The molecule has 0 aliphatic rings. The number of hydrogen-bond acceptors (Lipinski definition) is 7. The highest BCUT2D eigenvalue weighted by Gasteiger charge is 2.14. The molecule has 120 valence electrons. The van der Waals surface area contributed by atoms with Gasteiger partial charge in [0.1, 0.15) is 12.1 Å². The summed E-state index contributed by atoms with van der Waals surface area (Å²) in [5.74, 6) is 0.785. The van der Waals surface area contributed by atoms with E-state index in [-0.39, 0.29) is 5.71 Å². The van der Waals surface area contributed by atoms with Crippen LogP contribution < -0.4 is 5.43 Å². The van der Waals surface area contributed by atoms with Crippen molar-refractivity contribution in [3.05, 3.63) is 54.1 Å². The molecule has 3 aromatic rings. The van der Waals surface area contributed by atoms with Crippen molar-refractivity contribution >= 4 is 11.4 Å². The molecular formula is C18H12N6O. The lowest BCUT2D eigenvalue weighted by molar-refractivity contribution is 0.432. The first-order chi connectivity index (χ1) is 12.2. The van der Waals surface area contributed by atoms with Gasteiger partial charge in [-0.15, -0.1) is 0 Å². The average Bonchev–Trinajstić information content (AvgIpc) is 3.13. The third-order valence-electron chi connectivity index (χ3n) is 3.39. The summed E-state index contributed by atoms with van der Waals surface area (Å²) in [7, 11) is 0. The molecule has 0 aliphatic heterocycles. The van der Waals surface area contributed by atoms with Crippen molar-refractivity contribution in [1.29, 1.82) is 10.5 Å². The van der Waals surface area contributed by atoms with E-state index in [1.54, 1.807) is 30.3 Å². The van der Waals surface area contributed by atoms with Crippen molar-refractivity contribution < 1.29 is 4.52 Å². The first-order valence-corrected chi connectivity index (χ1v) is 7.35. The number of aryl methyl sites for hydroxylation is 1. The van der Waals surface area contributed by atoms with E-state index < -0.39 is 0 Å². The first-order valence-electron chi connectivity index (χ1n) is 7.35.